The van der Waals surface area contributed by atoms with Crippen LogP contribution in [0.3, 0.4) is 0 Å². The van der Waals surface area contributed by atoms with E-state index >= 15 is 0 Å². The lowest BCUT2D eigenvalue weighted by atomic mass is 10.2. The van der Waals surface area contributed by atoms with Crippen LogP contribution in [0.15, 0.2) is 0 Å². The minimum Gasteiger partial charge on any atom is -0.376 e. The monoisotopic (exact) mass is 250 g/mol. The molecular formula is C10H18O5S. The van der Waals surface area contributed by atoms with E-state index in [1.54, 1.807) is 0 Å². The molecule has 2 atom stereocenters. The lowest BCUT2D eigenvalue weighted by Crippen LogP contribution is -2.19. The van der Waals surface area contributed by atoms with Gasteiger partial charge in [0.05, 0.1) is 25.4 Å². The third-order valence-electron chi connectivity index (χ3n) is 2.75. The summed E-state index contributed by atoms with van der Waals surface area (Å²) in [4.78, 5) is 0. The van der Waals surface area contributed by atoms with Crippen LogP contribution in [0.2, 0.25) is 0 Å². The van der Waals surface area contributed by atoms with Crippen LogP contribution < -0.4 is 0 Å². The van der Waals surface area contributed by atoms with Gasteiger partial charge in [0, 0.05) is 13.2 Å². The van der Waals surface area contributed by atoms with Gasteiger partial charge in [0.2, 0.25) is 0 Å². The molecule has 5 nitrogen and oxygen atoms in total. The van der Waals surface area contributed by atoms with Crippen LogP contribution in [0.5, 0.6) is 0 Å². The number of hydrogen-bond acceptors (Lipinski definition) is 5. The molecule has 0 aromatic carbocycles. The van der Waals surface area contributed by atoms with E-state index in [9.17, 15) is 4.21 Å². The van der Waals surface area contributed by atoms with Gasteiger partial charge in [-0.25, -0.2) is 0 Å². The number of rotatable bonds is 6. The first-order valence-electron chi connectivity index (χ1n) is 5.76. The van der Waals surface area contributed by atoms with Gasteiger partial charge in [0.15, 0.2) is 0 Å². The molecule has 0 aromatic heterocycles. The first-order valence-corrected chi connectivity index (χ1v) is 6.76. The van der Waals surface area contributed by atoms with Crippen LogP contribution in [-0.2, 0) is 29.2 Å². The Morgan fingerprint density at radius 3 is 1.88 bits per heavy atom. The quantitative estimate of drug-likeness (QED) is 0.702. The molecule has 0 aromatic rings. The molecule has 0 amide bonds. The largest absolute Gasteiger partial charge is 0.376 e. The molecule has 2 fully saturated rings. The van der Waals surface area contributed by atoms with Gasteiger partial charge in [-0.05, 0) is 25.7 Å². The zero-order valence-corrected chi connectivity index (χ0v) is 10.1. The molecule has 6 heteroatoms. The fraction of sp³-hybridized carbons (Fsp3) is 1.00. The molecule has 0 N–H and O–H groups in total. The smallest absolute Gasteiger partial charge is 0.304 e. The lowest BCUT2D eigenvalue weighted by molar-refractivity contribution is 0.0521. The number of hydrogen-bond donors (Lipinski definition) is 0. The second kappa shape index (κ2) is 6.66. The van der Waals surface area contributed by atoms with Crippen molar-refractivity contribution in [2.75, 3.05) is 26.4 Å². The highest BCUT2D eigenvalue weighted by atomic mass is 32.2. The predicted molar refractivity (Wildman–Crippen MR) is 58.0 cm³/mol. The van der Waals surface area contributed by atoms with Crippen molar-refractivity contribution in [3.63, 3.8) is 0 Å². The van der Waals surface area contributed by atoms with Gasteiger partial charge in [-0.15, -0.1) is 0 Å². The summed E-state index contributed by atoms with van der Waals surface area (Å²) < 4.78 is 32.1. The van der Waals surface area contributed by atoms with E-state index in [2.05, 4.69) is 0 Å². The summed E-state index contributed by atoms with van der Waals surface area (Å²) in [7, 11) is 0. The molecule has 0 aliphatic carbocycles. The minimum atomic E-state index is -1.67. The van der Waals surface area contributed by atoms with Crippen molar-refractivity contribution in [3.8, 4) is 0 Å². The van der Waals surface area contributed by atoms with E-state index < -0.39 is 11.4 Å². The third-order valence-corrected chi connectivity index (χ3v) is 3.41. The van der Waals surface area contributed by atoms with Gasteiger partial charge >= 0.3 is 11.4 Å². The van der Waals surface area contributed by atoms with Crippen molar-refractivity contribution in [3.05, 3.63) is 0 Å². The van der Waals surface area contributed by atoms with E-state index in [1.807, 2.05) is 0 Å². The number of ether oxygens (including phenoxy) is 2. The van der Waals surface area contributed by atoms with Crippen molar-refractivity contribution < 1.29 is 22.0 Å². The summed E-state index contributed by atoms with van der Waals surface area (Å²) in [6.07, 6.45) is 4.21. The average Bonchev–Trinajstić information content (AvgIpc) is 2.96. The van der Waals surface area contributed by atoms with Crippen molar-refractivity contribution in [2.45, 2.75) is 37.9 Å². The molecule has 2 unspecified atom stereocenters. The summed E-state index contributed by atoms with van der Waals surface area (Å²) in [5.41, 5.74) is 0. The van der Waals surface area contributed by atoms with E-state index in [4.69, 9.17) is 17.8 Å². The van der Waals surface area contributed by atoms with Gasteiger partial charge in [-0.2, -0.15) is 4.21 Å². The van der Waals surface area contributed by atoms with E-state index in [-0.39, 0.29) is 12.2 Å². The minimum absolute atomic E-state index is 0.0790. The molecular weight excluding hydrogens is 232 g/mol. The zero-order valence-electron chi connectivity index (χ0n) is 9.26. The highest BCUT2D eigenvalue weighted by molar-refractivity contribution is 7.75. The Hall–Kier alpha value is -0.0100. The fourth-order valence-corrected chi connectivity index (χ4v) is 2.44. The second-order valence-corrected chi connectivity index (χ2v) is 4.92. The topological polar surface area (TPSA) is 54.0 Å². The van der Waals surface area contributed by atoms with Crippen molar-refractivity contribution in [1.29, 1.82) is 0 Å². The molecule has 94 valence electrons. The molecule has 0 spiro atoms. The molecule has 2 aliphatic rings. The highest BCUT2D eigenvalue weighted by Gasteiger charge is 2.19. The highest BCUT2D eigenvalue weighted by Crippen LogP contribution is 2.14. The fourth-order valence-electron chi connectivity index (χ4n) is 1.85. The van der Waals surface area contributed by atoms with Crippen LogP contribution in [0.25, 0.3) is 0 Å². The SMILES string of the molecule is O=S(OCC1CCCO1)OCC1CCCO1. The molecule has 0 saturated carbocycles. The van der Waals surface area contributed by atoms with Crippen molar-refractivity contribution in [2.24, 2.45) is 0 Å². The van der Waals surface area contributed by atoms with E-state index in [0.717, 1.165) is 38.9 Å². The van der Waals surface area contributed by atoms with Crippen molar-refractivity contribution in [1.82, 2.24) is 0 Å². The van der Waals surface area contributed by atoms with E-state index in [1.165, 1.54) is 0 Å². The summed E-state index contributed by atoms with van der Waals surface area (Å²) in [6, 6.07) is 0. The predicted octanol–water partition coefficient (Wildman–Crippen LogP) is 0.956. The molecule has 2 rings (SSSR count). The summed E-state index contributed by atoms with van der Waals surface area (Å²) in [6.45, 7) is 2.24. The normalized spacial score (nSPS) is 32.0. The van der Waals surface area contributed by atoms with Crippen LogP contribution in [0.1, 0.15) is 25.7 Å². The zero-order chi connectivity index (χ0) is 11.2. The Balaban J connectivity index is 1.53. The van der Waals surface area contributed by atoms with Gasteiger partial charge in [-0.1, -0.05) is 0 Å². The van der Waals surface area contributed by atoms with Crippen molar-refractivity contribution >= 4 is 11.4 Å². The molecule has 0 radical (unpaired) electrons. The average molecular weight is 250 g/mol. The summed E-state index contributed by atoms with van der Waals surface area (Å²) in [5.74, 6) is 0. The van der Waals surface area contributed by atoms with Gasteiger partial charge in [0.1, 0.15) is 0 Å². The molecule has 2 saturated heterocycles. The molecule has 16 heavy (non-hydrogen) atoms. The second-order valence-electron chi connectivity index (χ2n) is 4.04. The summed E-state index contributed by atoms with van der Waals surface area (Å²) in [5, 5.41) is 0. The third kappa shape index (κ3) is 4.10. The maximum atomic E-state index is 11.3. The van der Waals surface area contributed by atoms with Crippen LogP contribution >= 0.6 is 0 Å². The van der Waals surface area contributed by atoms with E-state index in [0.29, 0.717) is 13.2 Å². The summed E-state index contributed by atoms with van der Waals surface area (Å²) >= 11 is -1.67. The van der Waals surface area contributed by atoms with Crippen LogP contribution in [0.4, 0.5) is 0 Å². The maximum Gasteiger partial charge on any atom is 0.304 e. The molecule has 0 bridgehead atoms. The lowest BCUT2D eigenvalue weighted by Gasteiger charge is -2.11. The Bertz CT molecular complexity index is 201. The molecule has 2 heterocycles. The van der Waals surface area contributed by atoms with Gasteiger partial charge in [-0.3, -0.25) is 8.37 Å². The molecule has 2 aliphatic heterocycles. The maximum absolute atomic E-state index is 11.3. The van der Waals surface area contributed by atoms with Crippen LogP contribution in [-0.4, -0.2) is 42.8 Å². The first-order chi connectivity index (χ1) is 7.84. The standard InChI is InChI=1S/C10H18O5S/c11-16(14-7-9-3-1-5-12-9)15-8-10-4-2-6-13-10/h9-10H,1-8H2. The van der Waals surface area contributed by atoms with Gasteiger partial charge < -0.3 is 9.47 Å². The first kappa shape index (κ1) is 12.4. The van der Waals surface area contributed by atoms with Crippen LogP contribution in [0, 0.1) is 0 Å². The van der Waals surface area contributed by atoms with Gasteiger partial charge in [0.25, 0.3) is 0 Å². The Labute approximate surface area is 98.3 Å². The Kier molecular flexibility index (Phi) is 5.18. The Morgan fingerprint density at radius 2 is 1.50 bits per heavy atom. The Morgan fingerprint density at radius 1 is 1.00 bits per heavy atom.